The maximum Gasteiger partial charge on any atom is 0.222 e. The average molecular weight is 300 g/mol. The monoisotopic (exact) mass is 298 g/mol. The fourth-order valence-electron chi connectivity index (χ4n) is 1.43. The third-order valence-corrected chi connectivity index (χ3v) is 2.40. The Bertz CT molecular complexity index is 327. The van der Waals surface area contributed by atoms with Crippen LogP contribution in [0.5, 0.6) is 0 Å². The molecule has 17 heavy (non-hydrogen) atoms. The summed E-state index contributed by atoms with van der Waals surface area (Å²) in [5.41, 5.74) is 0.961. The maximum absolute atomic E-state index is 12.6. The molecule has 1 rings (SSSR count). The van der Waals surface area contributed by atoms with E-state index in [1.165, 1.54) is 12.1 Å². The minimum absolute atomic E-state index is 0.0978. The van der Waals surface area contributed by atoms with Crippen LogP contribution in [0.25, 0.3) is 0 Å². The number of carbonyl (C=O) groups excluding carboxylic acids is 1. The molecule has 1 unspecified atom stereocenters. The molecule has 0 saturated carbocycles. The summed E-state index contributed by atoms with van der Waals surface area (Å²) in [6.07, 6.45) is 1.13. The predicted octanol–water partition coefficient (Wildman–Crippen LogP) is 4.90. The minimum Gasteiger partial charge on any atom is -0.281 e. The highest BCUT2D eigenvalue weighted by atomic mass is 35.5. The summed E-state index contributed by atoms with van der Waals surface area (Å²) in [7, 11) is 0. The molecule has 0 aromatic heterocycles. The van der Waals surface area contributed by atoms with E-state index in [1.54, 1.807) is 12.1 Å². The van der Waals surface area contributed by atoms with E-state index in [2.05, 4.69) is 0 Å². The van der Waals surface area contributed by atoms with Gasteiger partial charge in [0.25, 0.3) is 0 Å². The number of carbonyl (C=O) groups is 1. The lowest BCUT2D eigenvalue weighted by molar-refractivity contribution is -0.112. The number of hydrogen-bond donors (Lipinski definition) is 0. The van der Waals surface area contributed by atoms with Gasteiger partial charge < -0.3 is 0 Å². The van der Waals surface area contributed by atoms with Gasteiger partial charge in [-0.3, -0.25) is 4.79 Å². The lowest BCUT2D eigenvalue weighted by Gasteiger charge is -2.12. The molecule has 96 valence electrons. The Morgan fingerprint density at radius 2 is 1.76 bits per heavy atom. The molecular weight excluding hydrogens is 285 g/mol. The van der Waals surface area contributed by atoms with Gasteiger partial charge in [-0.15, -0.1) is 23.2 Å². The topological polar surface area (TPSA) is 17.1 Å². The van der Waals surface area contributed by atoms with Crippen molar-refractivity contribution in [3.8, 4) is 0 Å². The molecule has 0 radical (unpaired) electrons. The Labute approximate surface area is 116 Å². The minimum atomic E-state index is -0.346. The first-order chi connectivity index (χ1) is 8.04. The Balaban J connectivity index is 0.000000770. The van der Waals surface area contributed by atoms with Crippen LogP contribution in [-0.4, -0.2) is 10.6 Å². The zero-order valence-electron chi connectivity index (χ0n) is 9.43. The van der Waals surface area contributed by atoms with Crippen molar-refractivity contribution < 1.29 is 9.18 Å². The summed E-state index contributed by atoms with van der Waals surface area (Å²) in [5.74, 6) is -0.165. The first-order valence-corrected chi connectivity index (χ1v) is 6.55. The van der Waals surface area contributed by atoms with E-state index in [9.17, 15) is 9.18 Å². The van der Waals surface area contributed by atoms with Crippen LogP contribution >= 0.6 is 34.8 Å². The highest BCUT2D eigenvalue weighted by Crippen LogP contribution is 2.24. The summed E-state index contributed by atoms with van der Waals surface area (Å²) in [5, 5.41) is -0.152. The third-order valence-electron chi connectivity index (χ3n) is 2.24. The van der Waals surface area contributed by atoms with E-state index < -0.39 is 0 Å². The SMILES string of the molecule is CCC(CC(=O)Cl)c1ccc(F)cc1.ClCCl. The zero-order chi connectivity index (χ0) is 13.3. The van der Waals surface area contributed by atoms with Crippen molar-refractivity contribution >= 4 is 40.0 Å². The Kier molecular flexibility index (Phi) is 9.52. The van der Waals surface area contributed by atoms with E-state index in [0.29, 0.717) is 6.42 Å². The molecule has 0 fully saturated rings. The number of benzene rings is 1. The van der Waals surface area contributed by atoms with Gasteiger partial charge in [0.15, 0.2) is 0 Å². The van der Waals surface area contributed by atoms with E-state index in [4.69, 9.17) is 34.8 Å². The number of hydrogen-bond acceptors (Lipinski definition) is 1. The highest BCUT2D eigenvalue weighted by Gasteiger charge is 2.12. The summed E-state index contributed by atoms with van der Waals surface area (Å²) < 4.78 is 12.6. The zero-order valence-corrected chi connectivity index (χ0v) is 11.7. The van der Waals surface area contributed by atoms with E-state index >= 15 is 0 Å². The van der Waals surface area contributed by atoms with Crippen molar-refractivity contribution in [2.75, 3.05) is 5.34 Å². The van der Waals surface area contributed by atoms with E-state index in [1.807, 2.05) is 6.92 Å². The molecule has 1 aromatic rings. The summed E-state index contributed by atoms with van der Waals surface area (Å²) in [4.78, 5) is 10.7. The second-order valence-electron chi connectivity index (χ2n) is 3.32. The molecule has 0 bridgehead atoms. The fourth-order valence-corrected chi connectivity index (χ4v) is 1.61. The molecule has 0 N–H and O–H groups in total. The van der Waals surface area contributed by atoms with Crippen LogP contribution in [0.3, 0.4) is 0 Å². The molecule has 0 aliphatic heterocycles. The number of halogens is 4. The van der Waals surface area contributed by atoms with Crippen LogP contribution in [0.15, 0.2) is 24.3 Å². The second kappa shape index (κ2) is 9.69. The van der Waals surface area contributed by atoms with Crippen molar-refractivity contribution in [2.45, 2.75) is 25.7 Å². The van der Waals surface area contributed by atoms with Crippen LogP contribution in [0, 0.1) is 5.82 Å². The van der Waals surface area contributed by atoms with Crippen molar-refractivity contribution in [2.24, 2.45) is 0 Å². The molecule has 0 amide bonds. The Hall–Kier alpha value is -0.310. The van der Waals surface area contributed by atoms with Crippen LogP contribution in [0.2, 0.25) is 0 Å². The molecule has 0 aliphatic carbocycles. The predicted molar refractivity (Wildman–Crippen MR) is 71.5 cm³/mol. The second-order valence-corrected chi connectivity index (χ2v) is 4.55. The molecule has 0 saturated heterocycles. The summed E-state index contributed by atoms with van der Waals surface area (Å²) in [6.45, 7) is 1.98. The first-order valence-electron chi connectivity index (χ1n) is 5.10. The van der Waals surface area contributed by atoms with Crippen molar-refractivity contribution in [3.05, 3.63) is 35.6 Å². The molecule has 1 aromatic carbocycles. The molecule has 1 atom stereocenters. The standard InChI is InChI=1S/C11H12ClFO.CH2Cl2/c1-2-8(7-11(12)14)9-3-5-10(13)6-4-9;2-1-3/h3-6,8H,2,7H2,1H3;1H2. The van der Waals surface area contributed by atoms with E-state index in [-0.39, 0.29) is 22.3 Å². The number of alkyl halides is 2. The van der Waals surface area contributed by atoms with Gasteiger partial charge in [0, 0.05) is 6.42 Å². The van der Waals surface area contributed by atoms with Crippen LogP contribution in [0.1, 0.15) is 31.2 Å². The van der Waals surface area contributed by atoms with Crippen LogP contribution < -0.4 is 0 Å². The summed E-state index contributed by atoms with van der Waals surface area (Å²) >= 11 is 14.8. The quantitative estimate of drug-likeness (QED) is 0.571. The molecule has 0 heterocycles. The van der Waals surface area contributed by atoms with Crippen LogP contribution in [0.4, 0.5) is 4.39 Å². The average Bonchev–Trinajstić information content (AvgIpc) is 2.28. The lowest BCUT2D eigenvalue weighted by atomic mass is 9.94. The van der Waals surface area contributed by atoms with Gasteiger partial charge >= 0.3 is 0 Å². The van der Waals surface area contributed by atoms with Gasteiger partial charge in [-0.25, -0.2) is 4.39 Å². The molecule has 1 nitrogen and oxygen atoms in total. The number of rotatable bonds is 4. The molecule has 0 aliphatic rings. The van der Waals surface area contributed by atoms with Gasteiger partial charge in [0.05, 0.1) is 5.34 Å². The first kappa shape index (κ1) is 16.7. The highest BCUT2D eigenvalue weighted by molar-refractivity contribution is 6.63. The fraction of sp³-hybridized carbons (Fsp3) is 0.417. The van der Waals surface area contributed by atoms with E-state index in [0.717, 1.165) is 12.0 Å². The normalized spacial score (nSPS) is 11.4. The smallest absolute Gasteiger partial charge is 0.222 e. The maximum atomic E-state index is 12.6. The largest absolute Gasteiger partial charge is 0.281 e. The van der Waals surface area contributed by atoms with Crippen molar-refractivity contribution in [1.29, 1.82) is 0 Å². The molecule has 5 heteroatoms. The van der Waals surface area contributed by atoms with Gasteiger partial charge in [-0.2, -0.15) is 0 Å². The van der Waals surface area contributed by atoms with Crippen molar-refractivity contribution in [3.63, 3.8) is 0 Å². The van der Waals surface area contributed by atoms with Gasteiger partial charge in [-0.05, 0) is 41.6 Å². The Morgan fingerprint density at radius 1 is 1.29 bits per heavy atom. The van der Waals surface area contributed by atoms with Gasteiger partial charge in [-0.1, -0.05) is 19.1 Å². The van der Waals surface area contributed by atoms with Crippen molar-refractivity contribution in [1.82, 2.24) is 0 Å². The third kappa shape index (κ3) is 7.58. The lowest BCUT2D eigenvalue weighted by Crippen LogP contribution is -2.01. The summed E-state index contributed by atoms with van der Waals surface area (Å²) in [6, 6.07) is 6.19. The van der Waals surface area contributed by atoms with Gasteiger partial charge in [0.1, 0.15) is 5.82 Å². The molecular formula is C12H14Cl3FO. The Morgan fingerprint density at radius 3 is 2.12 bits per heavy atom. The van der Waals surface area contributed by atoms with Gasteiger partial charge in [0.2, 0.25) is 5.24 Å². The molecule has 0 spiro atoms. The van der Waals surface area contributed by atoms with Crippen LogP contribution in [-0.2, 0) is 4.79 Å².